The largest absolute Gasteiger partial charge is 0.573 e. The Morgan fingerprint density at radius 2 is 0.818 bits per heavy atom. The summed E-state index contributed by atoms with van der Waals surface area (Å²) in [5.74, 6) is -10.4. The standard InChI is InChI=1S/C35H6F12N6O2/c36-24-2-13(1-23(33(39,40)41)31(24)54-34(42,43)44)27-21(11-52)17-5-18-20(6-19(17)29(27)15(7-48)8-49)30(16(9-50)10-51)28(22(18)12-53)14-3-25(37)32(26(38)4-14)55-35(45,46)47/h1-6H. The fraction of sp³-hybridized carbons (Fsp3) is 0.0857. The Kier molecular flexibility index (Phi) is 9.38. The molecule has 5 rings (SSSR count). The molecule has 0 saturated heterocycles. The molecule has 3 aromatic carbocycles. The molecule has 0 aliphatic heterocycles. The molecule has 0 spiro atoms. The van der Waals surface area contributed by atoms with Crippen molar-refractivity contribution in [2.45, 2.75) is 18.9 Å². The van der Waals surface area contributed by atoms with Gasteiger partial charge in [-0.3, -0.25) is 0 Å². The molecule has 0 radical (unpaired) electrons. The van der Waals surface area contributed by atoms with E-state index in [-0.39, 0.29) is 35.4 Å². The van der Waals surface area contributed by atoms with Crippen LogP contribution in [-0.4, -0.2) is 12.7 Å². The molecule has 0 unspecified atom stereocenters. The molecule has 55 heavy (non-hydrogen) atoms. The zero-order valence-electron chi connectivity index (χ0n) is 26.0. The second-order valence-electron chi connectivity index (χ2n) is 10.8. The van der Waals surface area contributed by atoms with Crippen LogP contribution in [0.4, 0.5) is 52.7 Å². The summed E-state index contributed by atoms with van der Waals surface area (Å²) < 4.78 is 171. The molecule has 0 bridgehead atoms. The summed E-state index contributed by atoms with van der Waals surface area (Å²) in [4.78, 5) is 0. The van der Waals surface area contributed by atoms with Gasteiger partial charge in [0.2, 0.25) is 5.75 Å². The molecular formula is C35H6F12N6O2. The predicted octanol–water partition coefficient (Wildman–Crippen LogP) is 9.42. The number of ether oxygens (including phenoxy) is 2. The van der Waals surface area contributed by atoms with Gasteiger partial charge in [0, 0.05) is 33.4 Å². The van der Waals surface area contributed by atoms with Crippen molar-refractivity contribution in [1.29, 1.82) is 31.6 Å². The second kappa shape index (κ2) is 13.4. The molecule has 0 heterocycles. The zero-order valence-corrected chi connectivity index (χ0v) is 26.0. The minimum Gasteiger partial charge on any atom is -0.402 e. The first-order valence-electron chi connectivity index (χ1n) is 14.1. The van der Waals surface area contributed by atoms with E-state index in [9.17, 15) is 79.9 Å². The van der Waals surface area contributed by atoms with Gasteiger partial charge in [0.05, 0.1) is 11.1 Å². The maximum atomic E-state index is 15.1. The van der Waals surface area contributed by atoms with Gasteiger partial charge in [-0.25, -0.2) is 13.2 Å². The van der Waals surface area contributed by atoms with Gasteiger partial charge in [-0.15, -0.1) is 26.3 Å². The summed E-state index contributed by atoms with van der Waals surface area (Å²) in [6.07, 6.45) is -17.1. The van der Waals surface area contributed by atoms with Crippen LogP contribution in [0, 0.1) is 85.4 Å². The van der Waals surface area contributed by atoms with Crippen molar-refractivity contribution < 1.29 is 62.2 Å². The van der Waals surface area contributed by atoms with E-state index in [0.29, 0.717) is 0 Å². The van der Waals surface area contributed by atoms with E-state index in [1.807, 2.05) is 0 Å². The molecule has 8 nitrogen and oxygen atoms in total. The van der Waals surface area contributed by atoms with Gasteiger partial charge in [0.1, 0.15) is 53.1 Å². The molecule has 0 amide bonds. The second-order valence-corrected chi connectivity index (χ2v) is 10.8. The first-order valence-corrected chi connectivity index (χ1v) is 14.1. The number of alkyl halides is 9. The highest BCUT2D eigenvalue weighted by molar-refractivity contribution is 6.29. The summed E-state index contributed by atoms with van der Waals surface area (Å²) in [6, 6.07) is 11.4. The van der Waals surface area contributed by atoms with Crippen molar-refractivity contribution in [2.24, 2.45) is 0 Å². The fourth-order valence-corrected chi connectivity index (χ4v) is 5.90. The zero-order chi connectivity index (χ0) is 40.9. The Hall–Kier alpha value is -7.68. The summed E-state index contributed by atoms with van der Waals surface area (Å²) in [5.41, 5.74) is -11.7. The van der Waals surface area contributed by atoms with Gasteiger partial charge in [-0.05, 0) is 58.7 Å². The lowest BCUT2D eigenvalue weighted by Crippen LogP contribution is -2.21. The van der Waals surface area contributed by atoms with Crippen LogP contribution in [0.15, 0.2) is 47.5 Å². The van der Waals surface area contributed by atoms with E-state index < -0.39 is 120 Å². The number of hydrogen-bond donors (Lipinski definition) is 0. The van der Waals surface area contributed by atoms with Gasteiger partial charge >= 0.3 is 18.9 Å². The summed E-state index contributed by atoms with van der Waals surface area (Å²) in [7, 11) is 0. The molecule has 0 saturated carbocycles. The third-order valence-corrected chi connectivity index (χ3v) is 7.77. The van der Waals surface area contributed by atoms with E-state index in [4.69, 9.17) is 0 Å². The Balaban J connectivity index is 1.90. The van der Waals surface area contributed by atoms with Crippen LogP contribution in [0.2, 0.25) is 0 Å². The van der Waals surface area contributed by atoms with E-state index >= 15 is 4.39 Å². The maximum Gasteiger partial charge on any atom is 0.573 e. The van der Waals surface area contributed by atoms with Crippen molar-refractivity contribution in [1.82, 2.24) is 0 Å². The Bertz CT molecular complexity index is 2600. The van der Waals surface area contributed by atoms with Gasteiger partial charge < -0.3 is 9.47 Å². The van der Waals surface area contributed by atoms with Crippen LogP contribution in [0.1, 0.15) is 38.9 Å². The average Bonchev–Trinajstić information content (AvgIpc) is 3.57. The van der Waals surface area contributed by atoms with Crippen LogP contribution in [0.5, 0.6) is 11.5 Å². The monoisotopic (exact) mass is 770 g/mol. The van der Waals surface area contributed by atoms with Crippen molar-refractivity contribution >= 4 is 33.4 Å². The lowest BCUT2D eigenvalue weighted by atomic mass is 9.88. The molecule has 0 aromatic heterocycles. The number of hydrogen-bond acceptors (Lipinski definition) is 8. The molecule has 272 valence electrons. The highest BCUT2D eigenvalue weighted by Crippen LogP contribution is 2.55. The Morgan fingerprint density at radius 1 is 0.473 bits per heavy atom. The van der Waals surface area contributed by atoms with Crippen molar-refractivity contribution in [2.75, 3.05) is 0 Å². The quantitative estimate of drug-likeness (QED) is 0.187. The van der Waals surface area contributed by atoms with E-state index in [1.165, 1.54) is 24.3 Å². The maximum absolute atomic E-state index is 15.1. The normalized spacial score (nSPS) is 13.5. The van der Waals surface area contributed by atoms with E-state index in [2.05, 4.69) is 9.47 Å². The highest BCUT2D eigenvalue weighted by atomic mass is 19.4. The molecule has 0 fully saturated rings. The Labute approximate surface area is 298 Å². The Morgan fingerprint density at radius 3 is 1.16 bits per heavy atom. The molecule has 20 heteroatoms. The summed E-state index contributed by atoms with van der Waals surface area (Å²) in [6.45, 7) is 0. The number of fused-ring (bicyclic) bond motifs is 2. The number of halogens is 12. The first-order chi connectivity index (χ1) is 25.6. The first kappa shape index (κ1) is 38.5. The molecule has 2 aliphatic rings. The fourth-order valence-electron chi connectivity index (χ4n) is 5.90. The van der Waals surface area contributed by atoms with Gasteiger partial charge in [0.15, 0.2) is 23.2 Å². The van der Waals surface area contributed by atoms with Crippen LogP contribution in [-0.2, 0) is 6.18 Å². The predicted molar refractivity (Wildman–Crippen MR) is 159 cm³/mol. The van der Waals surface area contributed by atoms with Gasteiger partial charge in [0.25, 0.3) is 0 Å². The molecule has 0 atom stereocenters. The van der Waals surface area contributed by atoms with Crippen LogP contribution in [0.3, 0.4) is 0 Å². The molecule has 3 aromatic rings. The molecule has 0 N–H and O–H groups in total. The topological polar surface area (TPSA) is 161 Å². The van der Waals surface area contributed by atoms with Crippen LogP contribution < -0.4 is 9.47 Å². The lowest BCUT2D eigenvalue weighted by molar-refractivity contribution is -0.278. The summed E-state index contributed by atoms with van der Waals surface area (Å²) in [5, 5.41) is 59.8. The van der Waals surface area contributed by atoms with Crippen molar-refractivity contribution in [3.8, 4) is 47.9 Å². The molecule has 2 aliphatic carbocycles. The summed E-state index contributed by atoms with van der Waals surface area (Å²) >= 11 is 0. The molecular weight excluding hydrogens is 764 g/mol. The third-order valence-electron chi connectivity index (χ3n) is 7.77. The third kappa shape index (κ3) is 6.72. The van der Waals surface area contributed by atoms with E-state index in [1.54, 1.807) is 12.1 Å². The van der Waals surface area contributed by atoms with Crippen LogP contribution in [0.25, 0.3) is 33.4 Å². The van der Waals surface area contributed by atoms with Crippen LogP contribution >= 0.6 is 0 Å². The smallest absolute Gasteiger partial charge is 0.402 e. The minimum atomic E-state index is -5.82. The van der Waals surface area contributed by atoms with E-state index in [0.717, 1.165) is 12.1 Å². The average molecular weight is 770 g/mol. The number of benzene rings is 3. The lowest BCUT2D eigenvalue weighted by Gasteiger charge is -2.18. The number of allylic oxidation sites excluding steroid dienone is 8. The van der Waals surface area contributed by atoms with Crippen molar-refractivity contribution in [3.05, 3.63) is 104 Å². The highest BCUT2D eigenvalue weighted by Gasteiger charge is 2.44. The number of rotatable bonds is 4. The van der Waals surface area contributed by atoms with Crippen molar-refractivity contribution in [3.63, 3.8) is 0 Å². The number of nitriles is 6. The minimum absolute atomic E-state index is 0.0501. The van der Waals surface area contributed by atoms with Gasteiger partial charge in [-0.2, -0.15) is 44.7 Å². The number of nitrogens with zero attached hydrogens (tertiary/aromatic N) is 6. The van der Waals surface area contributed by atoms with Gasteiger partial charge in [-0.1, -0.05) is 0 Å². The SMILES string of the molecule is N#CC(C#N)=C1C(c2cc(F)c(OC(F)(F)F)c(F)c2)=C(C#N)c2cc3c(cc21)C(=C(C#N)C#N)C(c1cc(F)c(OC(F)(F)F)c(C(F)(F)F)c1)=C3C#N.